The molecular formula is C17H19FN2O3. The molecule has 0 aliphatic heterocycles. The molecule has 0 aromatic carbocycles. The first-order valence-corrected chi connectivity index (χ1v) is 7.55. The molecule has 0 radical (unpaired) electrons. The van der Waals surface area contributed by atoms with Gasteiger partial charge in [0.1, 0.15) is 29.3 Å². The van der Waals surface area contributed by atoms with Crippen LogP contribution < -0.4 is 4.74 Å². The number of carbonyl (C=O) groups is 1. The molecule has 0 spiro atoms. The summed E-state index contributed by atoms with van der Waals surface area (Å²) in [5.41, 5.74) is -0.0447. The van der Waals surface area contributed by atoms with Gasteiger partial charge in [-0.05, 0) is 19.9 Å². The third-order valence-electron chi connectivity index (χ3n) is 4.47. The molecule has 2 aliphatic carbocycles. The average molecular weight is 318 g/mol. The number of carbonyl (C=O) groups excluding carboxylic acids is 1. The highest BCUT2D eigenvalue weighted by Crippen LogP contribution is 2.54. The Hall–Kier alpha value is -2.24. The van der Waals surface area contributed by atoms with E-state index in [1.807, 2.05) is 13.0 Å². The summed E-state index contributed by atoms with van der Waals surface area (Å²) in [5.74, 6) is 0.829. The number of allylic oxidation sites excluding steroid dienone is 2. The zero-order valence-corrected chi connectivity index (χ0v) is 13.4. The molecule has 1 fully saturated rings. The van der Waals surface area contributed by atoms with E-state index in [4.69, 9.17) is 9.47 Å². The molecule has 23 heavy (non-hydrogen) atoms. The van der Waals surface area contributed by atoms with Crippen LogP contribution in [-0.4, -0.2) is 29.0 Å². The minimum atomic E-state index is -0.749. The molecule has 1 unspecified atom stereocenters. The second-order valence-corrected chi connectivity index (χ2v) is 6.05. The van der Waals surface area contributed by atoms with Crippen molar-refractivity contribution >= 4 is 6.29 Å². The number of nitrogens with zero attached hydrogens (tertiary/aromatic N) is 2. The van der Waals surface area contributed by atoms with Crippen molar-refractivity contribution in [2.45, 2.75) is 32.3 Å². The normalized spacial score (nSPS) is 29.4. The van der Waals surface area contributed by atoms with Crippen molar-refractivity contribution in [3.05, 3.63) is 41.5 Å². The van der Waals surface area contributed by atoms with Gasteiger partial charge in [-0.2, -0.15) is 0 Å². The molecule has 0 amide bonds. The van der Waals surface area contributed by atoms with Crippen molar-refractivity contribution in [3.63, 3.8) is 0 Å². The van der Waals surface area contributed by atoms with Gasteiger partial charge in [-0.15, -0.1) is 0 Å². The smallest absolute Gasteiger partial charge is 0.159 e. The van der Waals surface area contributed by atoms with E-state index >= 15 is 0 Å². The van der Waals surface area contributed by atoms with Crippen LogP contribution in [0.15, 0.2) is 29.9 Å². The number of halogens is 1. The Morgan fingerprint density at radius 2 is 2.22 bits per heavy atom. The largest absolute Gasteiger partial charge is 0.497 e. The van der Waals surface area contributed by atoms with E-state index < -0.39 is 5.60 Å². The van der Waals surface area contributed by atoms with Crippen LogP contribution in [-0.2, 0) is 9.53 Å². The summed E-state index contributed by atoms with van der Waals surface area (Å²) in [4.78, 5) is 19.7. The molecule has 0 saturated heterocycles. The Kier molecular flexibility index (Phi) is 3.92. The number of hydrogen-bond acceptors (Lipinski definition) is 5. The van der Waals surface area contributed by atoms with Gasteiger partial charge in [0, 0.05) is 24.8 Å². The summed E-state index contributed by atoms with van der Waals surface area (Å²) in [6.45, 7) is 3.63. The Bertz CT molecular complexity index is 701. The van der Waals surface area contributed by atoms with Crippen molar-refractivity contribution in [2.75, 3.05) is 7.11 Å². The first kappa shape index (κ1) is 15.6. The molecule has 0 N–H and O–H groups in total. The second-order valence-electron chi connectivity index (χ2n) is 6.05. The van der Waals surface area contributed by atoms with Gasteiger partial charge in [0.25, 0.3) is 0 Å². The Morgan fingerprint density at radius 1 is 1.43 bits per heavy atom. The minimum absolute atomic E-state index is 0.197. The minimum Gasteiger partial charge on any atom is -0.497 e. The van der Waals surface area contributed by atoms with Crippen LogP contribution in [0.2, 0.25) is 0 Å². The number of rotatable bonds is 5. The fourth-order valence-corrected chi connectivity index (χ4v) is 3.11. The van der Waals surface area contributed by atoms with Crippen LogP contribution in [0.1, 0.15) is 24.4 Å². The zero-order valence-electron chi connectivity index (χ0n) is 13.4. The Morgan fingerprint density at radius 3 is 2.83 bits per heavy atom. The number of hydrogen-bond donors (Lipinski definition) is 0. The molecular weight excluding hydrogens is 299 g/mol. The van der Waals surface area contributed by atoms with E-state index in [0.29, 0.717) is 29.4 Å². The van der Waals surface area contributed by atoms with Crippen LogP contribution >= 0.6 is 0 Å². The van der Waals surface area contributed by atoms with E-state index in [1.54, 1.807) is 13.1 Å². The van der Waals surface area contributed by atoms with Gasteiger partial charge >= 0.3 is 0 Å². The van der Waals surface area contributed by atoms with E-state index in [1.165, 1.54) is 13.2 Å². The zero-order chi connectivity index (χ0) is 16.6. The molecule has 1 aromatic rings. The van der Waals surface area contributed by atoms with Crippen molar-refractivity contribution in [3.8, 4) is 5.75 Å². The van der Waals surface area contributed by atoms with Crippen molar-refractivity contribution < 1.29 is 18.7 Å². The average Bonchev–Trinajstić information content (AvgIpc) is 3.24. The third-order valence-corrected chi connectivity index (χ3v) is 4.47. The quantitative estimate of drug-likeness (QED) is 0.781. The lowest BCUT2D eigenvalue weighted by atomic mass is 9.89. The fourth-order valence-electron chi connectivity index (χ4n) is 3.11. The molecule has 122 valence electrons. The van der Waals surface area contributed by atoms with Crippen LogP contribution in [0.5, 0.6) is 5.75 Å². The summed E-state index contributed by atoms with van der Waals surface area (Å²) >= 11 is 0. The maximum atomic E-state index is 13.9. The summed E-state index contributed by atoms with van der Waals surface area (Å²) in [7, 11) is 1.49. The number of aryl methyl sites for hydroxylation is 2. The van der Waals surface area contributed by atoms with Gasteiger partial charge in [0.05, 0.1) is 24.9 Å². The summed E-state index contributed by atoms with van der Waals surface area (Å²) in [5, 5.41) is 0. The predicted octanol–water partition coefficient (Wildman–Crippen LogP) is 2.83. The van der Waals surface area contributed by atoms with Crippen LogP contribution in [0, 0.1) is 25.7 Å². The van der Waals surface area contributed by atoms with Gasteiger partial charge < -0.3 is 14.3 Å². The van der Waals surface area contributed by atoms with E-state index in [-0.39, 0.29) is 24.1 Å². The maximum Gasteiger partial charge on any atom is 0.159 e. The SMILES string of the molecule is COC1=CC([C@]2(Oc3cnc(C)nc3C)C[C@H]2C=O)CC(F)=C1. The van der Waals surface area contributed by atoms with Gasteiger partial charge in [-0.3, -0.25) is 0 Å². The number of aldehydes is 1. The number of methoxy groups -OCH3 is 1. The van der Waals surface area contributed by atoms with Crippen molar-refractivity contribution in [1.82, 2.24) is 9.97 Å². The first-order valence-electron chi connectivity index (χ1n) is 7.55. The molecule has 3 atom stereocenters. The van der Waals surface area contributed by atoms with Crippen molar-refractivity contribution in [2.24, 2.45) is 11.8 Å². The third kappa shape index (κ3) is 2.85. The molecule has 5 nitrogen and oxygen atoms in total. The van der Waals surface area contributed by atoms with E-state index in [9.17, 15) is 9.18 Å². The summed E-state index contributed by atoms with van der Waals surface area (Å²) in [6, 6.07) is 0. The molecule has 0 bridgehead atoms. The molecule has 6 heteroatoms. The van der Waals surface area contributed by atoms with Crippen LogP contribution in [0.3, 0.4) is 0 Å². The first-order chi connectivity index (χ1) is 11.0. The standard InChI is InChI=1S/C17H19FN2O3/c1-10-16(8-19-11(2)20-10)23-17(7-13(17)9-21)12-4-14(18)6-15(5-12)22-3/h5-6,8-9,12-13H,4,7H2,1-3H3/t12?,13-,17+/m0/s1. The monoisotopic (exact) mass is 318 g/mol. The van der Waals surface area contributed by atoms with E-state index in [0.717, 1.165) is 6.29 Å². The lowest BCUT2D eigenvalue weighted by Crippen LogP contribution is -2.33. The van der Waals surface area contributed by atoms with E-state index in [2.05, 4.69) is 9.97 Å². The molecule has 1 saturated carbocycles. The highest BCUT2D eigenvalue weighted by Gasteiger charge is 2.62. The number of ether oxygens (including phenoxy) is 2. The Balaban J connectivity index is 1.91. The predicted molar refractivity (Wildman–Crippen MR) is 81.4 cm³/mol. The lowest BCUT2D eigenvalue weighted by Gasteiger charge is -2.28. The van der Waals surface area contributed by atoms with Crippen LogP contribution in [0.4, 0.5) is 4.39 Å². The van der Waals surface area contributed by atoms with Crippen molar-refractivity contribution in [1.29, 1.82) is 0 Å². The van der Waals surface area contributed by atoms with Gasteiger partial charge in [0.2, 0.25) is 0 Å². The topological polar surface area (TPSA) is 61.3 Å². The maximum absolute atomic E-state index is 13.9. The highest BCUT2D eigenvalue weighted by molar-refractivity contribution is 5.63. The summed E-state index contributed by atoms with van der Waals surface area (Å²) < 4.78 is 25.2. The second kappa shape index (κ2) is 5.76. The van der Waals surface area contributed by atoms with Gasteiger partial charge in [-0.25, -0.2) is 14.4 Å². The highest BCUT2D eigenvalue weighted by atomic mass is 19.1. The van der Waals surface area contributed by atoms with Gasteiger partial charge in [0.15, 0.2) is 5.75 Å². The molecule has 3 rings (SSSR count). The Labute approximate surface area is 134 Å². The molecule has 1 heterocycles. The fraction of sp³-hybridized carbons (Fsp3) is 0.471. The summed E-state index contributed by atoms with van der Waals surface area (Å²) in [6.07, 6.45) is 6.43. The lowest BCUT2D eigenvalue weighted by molar-refractivity contribution is -0.110. The van der Waals surface area contributed by atoms with Crippen LogP contribution in [0.25, 0.3) is 0 Å². The molecule has 2 aliphatic rings. The van der Waals surface area contributed by atoms with Gasteiger partial charge in [-0.1, -0.05) is 0 Å². The number of aromatic nitrogens is 2. The molecule has 1 aromatic heterocycles.